The van der Waals surface area contributed by atoms with E-state index in [-0.39, 0.29) is 11.7 Å². The number of hydrogen-bond acceptors (Lipinski definition) is 4. The Labute approximate surface area is 134 Å². The summed E-state index contributed by atoms with van der Waals surface area (Å²) >= 11 is 0. The summed E-state index contributed by atoms with van der Waals surface area (Å²) in [4.78, 5) is 15.0. The van der Waals surface area contributed by atoms with Crippen molar-refractivity contribution in [3.8, 4) is 0 Å². The third kappa shape index (κ3) is 4.21. The van der Waals surface area contributed by atoms with Crippen molar-refractivity contribution in [1.82, 2.24) is 15.5 Å². The van der Waals surface area contributed by atoms with Crippen LogP contribution in [0.5, 0.6) is 0 Å². The number of benzene rings is 1. The highest BCUT2D eigenvalue weighted by Gasteiger charge is 2.37. The van der Waals surface area contributed by atoms with Gasteiger partial charge in [-0.2, -0.15) is 18.2 Å². The highest BCUT2D eigenvalue weighted by Crippen LogP contribution is 2.27. The molecule has 0 unspecified atom stereocenters. The van der Waals surface area contributed by atoms with Crippen molar-refractivity contribution in [1.29, 1.82) is 0 Å². The Hall–Kier alpha value is -2.65. The summed E-state index contributed by atoms with van der Waals surface area (Å²) in [5, 5.41) is 7.61. The van der Waals surface area contributed by atoms with Gasteiger partial charge in [0.05, 0.1) is 0 Å². The van der Waals surface area contributed by atoms with E-state index in [0.717, 1.165) is 0 Å². The van der Waals surface area contributed by atoms with Gasteiger partial charge in [-0.05, 0) is 37.1 Å². The predicted molar refractivity (Wildman–Crippen MR) is 75.6 cm³/mol. The number of aromatic nitrogens is 2. The molecule has 0 spiro atoms. The van der Waals surface area contributed by atoms with E-state index in [1.54, 1.807) is 6.92 Å². The third-order valence-corrected chi connectivity index (χ3v) is 3.10. The molecule has 2 aromatic rings. The fraction of sp³-hybridized carbons (Fsp3) is 0.357. The number of carbonyl (C=O) groups excluding carboxylic acids is 1. The molecule has 0 aliphatic carbocycles. The molecule has 1 atom stereocenters. The Morgan fingerprint density at radius 1 is 1.38 bits per heavy atom. The summed E-state index contributed by atoms with van der Waals surface area (Å²) in [6.45, 7) is 3.15. The van der Waals surface area contributed by atoms with Gasteiger partial charge in [0.1, 0.15) is 11.9 Å². The van der Waals surface area contributed by atoms with Gasteiger partial charge in [0.25, 0.3) is 5.82 Å². The maximum Gasteiger partial charge on any atom is 0.455 e. The number of hydrogen-bond donors (Lipinski definition) is 2. The fourth-order valence-corrected chi connectivity index (χ4v) is 1.88. The average molecular weight is 346 g/mol. The Balaban J connectivity index is 2.00. The van der Waals surface area contributed by atoms with Gasteiger partial charge in [-0.25, -0.2) is 9.18 Å². The van der Waals surface area contributed by atoms with Gasteiger partial charge < -0.3 is 15.2 Å². The average Bonchev–Trinajstić information content (AvgIpc) is 2.99. The van der Waals surface area contributed by atoms with Crippen molar-refractivity contribution in [2.45, 2.75) is 32.5 Å². The molecule has 1 aromatic heterocycles. The molecule has 2 rings (SSSR count). The van der Waals surface area contributed by atoms with Crippen LogP contribution < -0.4 is 10.6 Å². The first-order chi connectivity index (χ1) is 11.2. The van der Waals surface area contributed by atoms with Crippen LogP contribution in [0.3, 0.4) is 0 Å². The molecular formula is C14H14F4N4O2. The highest BCUT2D eigenvalue weighted by atomic mass is 19.4. The first kappa shape index (κ1) is 17.7. The van der Waals surface area contributed by atoms with E-state index < -0.39 is 24.1 Å². The van der Waals surface area contributed by atoms with Crippen LogP contribution in [0, 0.1) is 5.82 Å². The molecule has 1 heterocycles. The lowest BCUT2D eigenvalue weighted by molar-refractivity contribution is -0.146. The number of anilines is 1. The zero-order valence-electron chi connectivity index (χ0n) is 12.7. The van der Waals surface area contributed by atoms with Crippen LogP contribution in [-0.4, -0.2) is 16.2 Å². The van der Waals surface area contributed by atoms with Crippen molar-refractivity contribution in [2.75, 3.05) is 5.32 Å². The number of urea groups is 1. The topological polar surface area (TPSA) is 80.0 Å². The second kappa shape index (κ2) is 6.85. The number of alkyl halides is 3. The van der Waals surface area contributed by atoms with Gasteiger partial charge in [-0.15, -0.1) is 0 Å². The number of nitrogens with one attached hydrogen (secondary N) is 2. The molecule has 1 aromatic carbocycles. The summed E-state index contributed by atoms with van der Waals surface area (Å²) < 4.78 is 55.1. The van der Waals surface area contributed by atoms with E-state index in [4.69, 9.17) is 0 Å². The van der Waals surface area contributed by atoms with Gasteiger partial charge in [0.2, 0.25) is 5.89 Å². The molecule has 0 aliphatic heterocycles. The molecule has 10 heteroatoms. The first-order valence-corrected chi connectivity index (χ1v) is 6.97. The Kier molecular flexibility index (Phi) is 5.05. The largest absolute Gasteiger partial charge is 0.455 e. The summed E-state index contributed by atoms with van der Waals surface area (Å²) in [5.41, 5.74) is 0.770. The normalized spacial score (nSPS) is 12.8. The quantitative estimate of drug-likeness (QED) is 0.828. The Bertz CT molecular complexity index is 730. The summed E-state index contributed by atoms with van der Waals surface area (Å²) in [7, 11) is 0. The van der Waals surface area contributed by atoms with Gasteiger partial charge in [-0.3, -0.25) is 0 Å². The molecule has 2 N–H and O–H groups in total. The number of rotatable bonds is 4. The van der Waals surface area contributed by atoms with E-state index in [1.165, 1.54) is 25.1 Å². The molecule has 24 heavy (non-hydrogen) atoms. The predicted octanol–water partition coefficient (Wildman–Crippen LogP) is 3.67. The Morgan fingerprint density at radius 2 is 2.08 bits per heavy atom. The fourth-order valence-electron chi connectivity index (χ4n) is 1.88. The number of halogens is 4. The second-order valence-electron chi connectivity index (χ2n) is 4.93. The zero-order chi connectivity index (χ0) is 17.9. The van der Waals surface area contributed by atoms with Crippen molar-refractivity contribution in [2.24, 2.45) is 0 Å². The molecule has 0 saturated heterocycles. The standard InChI is InChI=1S/C14H14F4N4O2/c1-3-8-6-9(4-5-10(8)15)20-13(23)19-7(2)11-21-12(22-24-11)14(16,17)18/h4-7H,3H2,1-2H3,(H2,19,20,23)/t7-/m1/s1. The number of amides is 2. The van der Waals surface area contributed by atoms with Crippen LogP contribution in [-0.2, 0) is 12.6 Å². The van der Waals surface area contributed by atoms with Crippen LogP contribution in [0.4, 0.5) is 28.0 Å². The first-order valence-electron chi connectivity index (χ1n) is 6.97. The van der Waals surface area contributed by atoms with Crippen LogP contribution in [0.1, 0.15) is 37.2 Å². The lowest BCUT2D eigenvalue weighted by Gasteiger charge is -2.12. The maximum atomic E-state index is 13.4. The third-order valence-electron chi connectivity index (χ3n) is 3.10. The highest BCUT2D eigenvalue weighted by molar-refractivity contribution is 5.89. The summed E-state index contributed by atoms with van der Waals surface area (Å²) in [5.74, 6) is -2.19. The minimum atomic E-state index is -4.73. The second-order valence-corrected chi connectivity index (χ2v) is 4.93. The van der Waals surface area contributed by atoms with E-state index in [1.807, 2.05) is 0 Å². The van der Waals surface area contributed by atoms with E-state index in [0.29, 0.717) is 17.7 Å². The summed E-state index contributed by atoms with van der Waals surface area (Å²) in [6.07, 6.45) is -4.28. The molecule has 130 valence electrons. The molecule has 2 amide bonds. The number of carbonyl (C=O) groups is 1. The minimum absolute atomic E-state index is 0.347. The monoisotopic (exact) mass is 346 g/mol. The Morgan fingerprint density at radius 3 is 2.67 bits per heavy atom. The van der Waals surface area contributed by atoms with Crippen LogP contribution in [0.15, 0.2) is 22.7 Å². The molecule has 0 fully saturated rings. The molecular weight excluding hydrogens is 332 g/mol. The number of aryl methyl sites for hydroxylation is 1. The van der Waals surface area contributed by atoms with E-state index >= 15 is 0 Å². The maximum absolute atomic E-state index is 13.4. The minimum Gasteiger partial charge on any atom is -0.337 e. The smallest absolute Gasteiger partial charge is 0.337 e. The lowest BCUT2D eigenvalue weighted by atomic mass is 10.1. The molecule has 0 aliphatic rings. The molecule has 0 radical (unpaired) electrons. The van der Waals surface area contributed by atoms with Crippen molar-refractivity contribution >= 4 is 11.7 Å². The summed E-state index contributed by atoms with van der Waals surface area (Å²) in [6, 6.07) is 2.40. The van der Waals surface area contributed by atoms with Crippen molar-refractivity contribution < 1.29 is 26.9 Å². The zero-order valence-corrected chi connectivity index (χ0v) is 12.7. The van der Waals surface area contributed by atoms with Crippen LogP contribution in [0.25, 0.3) is 0 Å². The van der Waals surface area contributed by atoms with Gasteiger partial charge in [0, 0.05) is 5.69 Å². The van der Waals surface area contributed by atoms with Gasteiger partial charge in [0.15, 0.2) is 0 Å². The van der Waals surface area contributed by atoms with Gasteiger partial charge in [-0.1, -0.05) is 12.1 Å². The lowest BCUT2D eigenvalue weighted by Crippen LogP contribution is -2.31. The molecule has 0 bridgehead atoms. The van der Waals surface area contributed by atoms with E-state index in [2.05, 4.69) is 25.3 Å². The van der Waals surface area contributed by atoms with Crippen molar-refractivity contribution in [3.05, 3.63) is 41.3 Å². The molecule has 6 nitrogen and oxygen atoms in total. The van der Waals surface area contributed by atoms with Crippen LogP contribution >= 0.6 is 0 Å². The van der Waals surface area contributed by atoms with E-state index in [9.17, 15) is 22.4 Å². The molecule has 0 saturated carbocycles. The van der Waals surface area contributed by atoms with Crippen LogP contribution in [0.2, 0.25) is 0 Å². The van der Waals surface area contributed by atoms with Crippen molar-refractivity contribution in [3.63, 3.8) is 0 Å². The van der Waals surface area contributed by atoms with Gasteiger partial charge >= 0.3 is 12.2 Å². The number of nitrogens with zero attached hydrogens (tertiary/aromatic N) is 2. The SMILES string of the molecule is CCc1cc(NC(=O)N[C@H](C)c2nc(C(F)(F)F)no2)ccc1F.